The van der Waals surface area contributed by atoms with Gasteiger partial charge in [-0.15, -0.1) is 0 Å². The van der Waals surface area contributed by atoms with Crippen molar-refractivity contribution in [3.63, 3.8) is 0 Å². The highest BCUT2D eigenvalue weighted by Crippen LogP contribution is 2.35. The number of hydrogen-bond acceptors (Lipinski definition) is 6. The number of fused-ring (bicyclic) bond motifs is 2. The smallest absolute Gasteiger partial charge is 0.272 e. The number of pyridine rings is 1. The molecule has 2 amide bonds. The van der Waals surface area contributed by atoms with Gasteiger partial charge in [-0.3, -0.25) is 19.5 Å². The maximum absolute atomic E-state index is 14.2. The zero-order chi connectivity index (χ0) is 25.9. The minimum atomic E-state index is -1.05. The van der Waals surface area contributed by atoms with Gasteiger partial charge < -0.3 is 19.2 Å². The van der Waals surface area contributed by atoms with Gasteiger partial charge in [0.15, 0.2) is 17.5 Å². The second-order valence-corrected chi connectivity index (χ2v) is 9.72. The number of furan rings is 1. The van der Waals surface area contributed by atoms with Crippen LogP contribution < -0.4 is 19.7 Å². The normalized spacial score (nSPS) is 18.1. The van der Waals surface area contributed by atoms with Crippen molar-refractivity contribution in [1.82, 2.24) is 10.3 Å². The minimum absolute atomic E-state index is 0.0163. The van der Waals surface area contributed by atoms with E-state index in [-0.39, 0.29) is 18.6 Å². The van der Waals surface area contributed by atoms with Gasteiger partial charge in [-0.25, -0.2) is 0 Å². The molecule has 8 nitrogen and oxygen atoms in total. The second kappa shape index (κ2) is 10.6. The lowest BCUT2D eigenvalue weighted by Gasteiger charge is -2.35. The maximum Gasteiger partial charge on any atom is 0.272 e. The number of carbonyl (C=O) groups is 2. The first-order chi connectivity index (χ1) is 18.7. The number of anilines is 1. The third-order valence-electron chi connectivity index (χ3n) is 7.15. The Bertz CT molecular complexity index is 1430. The SMILES string of the molecule is O=C(NC1CCCCC1)C(c1ccco1)N(C(=O)C1COc2ccccc2O1)c1cnc2ccccc2c1. The molecule has 2 atom stereocenters. The van der Waals surface area contributed by atoms with Crippen molar-refractivity contribution in [3.8, 4) is 11.5 Å². The molecule has 3 heterocycles. The summed E-state index contributed by atoms with van der Waals surface area (Å²) in [5, 5.41) is 4.03. The fraction of sp³-hybridized carbons (Fsp3) is 0.300. The Morgan fingerprint density at radius 3 is 2.55 bits per heavy atom. The van der Waals surface area contributed by atoms with E-state index in [9.17, 15) is 9.59 Å². The van der Waals surface area contributed by atoms with Crippen LogP contribution in [0.4, 0.5) is 5.69 Å². The van der Waals surface area contributed by atoms with Gasteiger partial charge in [-0.2, -0.15) is 0 Å². The lowest BCUT2D eigenvalue weighted by molar-refractivity contribution is -0.132. The highest BCUT2D eigenvalue weighted by atomic mass is 16.6. The van der Waals surface area contributed by atoms with Gasteiger partial charge in [0.2, 0.25) is 6.10 Å². The molecule has 194 valence electrons. The van der Waals surface area contributed by atoms with Crippen molar-refractivity contribution >= 4 is 28.4 Å². The summed E-state index contributed by atoms with van der Waals surface area (Å²) in [6.45, 7) is 0.0163. The van der Waals surface area contributed by atoms with Gasteiger partial charge in [0.1, 0.15) is 12.4 Å². The number of nitrogens with one attached hydrogen (secondary N) is 1. The maximum atomic E-state index is 14.2. The molecule has 6 rings (SSSR count). The molecule has 38 heavy (non-hydrogen) atoms. The van der Waals surface area contributed by atoms with Gasteiger partial charge in [0, 0.05) is 11.4 Å². The van der Waals surface area contributed by atoms with Crippen LogP contribution in [0.2, 0.25) is 0 Å². The molecular weight excluding hydrogens is 482 g/mol. The number of benzene rings is 2. The van der Waals surface area contributed by atoms with Crippen LogP contribution in [0.5, 0.6) is 11.5 Å². The van der Waals surface area contributed by atoms with Crippen LogP contribution >= 0.6 is 0 Å². The molecule has 2 aliphatic rings. The van der Waals surface area contributed by atoms with E-state index in [1.54, 1.807) is 30.5 Å². The van der Waals surface area contributed by atoms with Crippen molar-refractivity contribution in [2.45, 2.75) is 50.3 Å². The molecule has 1 N–H and O–H groups in total. The molecular formula is C30H29N3O5. The lowest BCUT2D eigenvalue weighted by atomic mass is 9.95. The summed E-state index contributed by atoms with van der Waals surface area (Å²) < 4.78 is 17.7. The van der Waals surface area contributed by atoms with Gasteiger partial charge in [0.05, 0.1) is 23.7 Å². The van der Waals surface area contributed by atoms with Gasteiger partial charge >= 0.3 is 0 Å². The van der Waals surface area contributed by atoms with Crippen molar-refractivity contribution < 1.29 is 23.5 Å². The molecule has 2 aromatic heterocycles. The number of aromatic nitrogens is 1. The fourth-order valence-corrected chi connectivity index (χ4v) is 5.24. The van der Waals surface area contributed by atoms with Crippen molar-refractivity contribution in [1.29, 1.82) is 0 Å². The molecule has 1 aliphatic heterocycles. The number of amides is 2. The van der Waals surface area contributed by atoms with E-state index in [2.05, 4.69) is 10.3 Å². The predicted molar refractivity (Wildman–Crippen MR) is 142 cm³/mol. The van der Waals surface area contributed by atoms with Crippen LogP contribution in [0.1, 0.15) is 43.9 Å². The third-order valence-corrected chi connectivity index (χ3v) is 7.15. The molecule has 4 aromatic rings. The topological polar surface area (TPSA) is 93.9 Å². The average molecular weight is 512 g/mol. The summed E-state index contributed by atoms with van der Waals surface area (Å²) in [7, 11) is 0. The number of nitrogens with zero attached hydrogens (tertiary/aromatic N) is 2. The van der Waals surface area contributed by atoms with E-state index in [4.69, 9.17) is 13.9 Å². The quantitative estimate of drug-likeness (QED) is 0.383. The van der Waals surface area contributed by atoms with E-state index < -0.39 is 18.1 Å². The molecule has 1 fully saturated rings. The van der Waals surface area contributed by atoms with Gasteiger partial charge in [0.25, 0.3) is 11.8 Å². The van der Waals surface area contributed by atoms with E-state index in [1.165, 1.54) is 17.6 Å². The zero-order valence-corrected chi connectivity index (χ0v) is 20.9. The molecule has 0 saturated heterocycles. The molecule has 1 aliphatic carbocycles. The van der Waals surface area contributed by atoms with Crippen molar-refractivity contribution in [2.75, 3.05) is 11.5 Å². The van der Waals surface area contributed by atoms with Crippen molar-refractivity contribution in [3.05, 3.63) is 85.0 Å². The zero-order valence-electron chi connectivity index (χ0n) is 20.9. The number of ether oxygens (including phenoxy) is 2. The Morgan fingerprint density at radius 1 is 0.947 bits per heavy atom. The number of para-hydroxylation sites is 3. The summed E-state index contributed by atoms with van der Waals surface area (Å²) in [6.07, 6.45) is 7.30. The third kappa shape index (κ3) is 4.81. The Morgan fingerprint density at radius 2 is 1.74 bits per heavy atom. The summed E-state index contributed by atoms with van der Waals surface area (Å²) in [5.74, 6) is 0.696. The van der Waals surface area contributed by atoms with E-state index in [0.29, 0.717) is 22.9 Å². The first kappa shape index (κ1) is 24.0. The Labute approximate surface area is 220 Å². The van der Waals surface area contributed by atoms with Gasteiger partial charge in [-0.05, 0) is 49.2 Å². The molecule has 0 radical (unpaired) electrons. The highest BCUT2D eigenvalue weighted by molar-refractivity contribution is 6.04. The lowest BCUT2D eigenvalue weighted by Crippen LogP contribution is -2.52. The van der Waals surface area contributed by atoms with E-state index in [1.807, 2.05) is 42.5 Å². The molecule has 0 bridgehead atoms. The molecule has 8 heteroatoms. The second-order valence-electron chi connectivity index (χ2n) is 9.72. The molecule has 2 unspecified atom stereocenters. The summed E-state index contributed by atoms with van der Waals surface area (Å²) in [5.41, 5.74) is 1.26. The Kier molecular flexibility index (Phi) is 6.69. The van der Waals surface area contributed by atoms with Crippen LogP contribution in [-0.4, -0.2) is 35.6 Å². The molecule has 2 aromatic carbocycles. The van der Waals surface area contributed by atoms with Crippen LogP contribution in [0.3, 0.4) is 0 Å². The first-order valence-corrected chi connectivity index (χ1v) is 13.1. The van der Waals surface area contributed by atoms with E-state index in [0.717, 1.165) is 36.6 Å². The molecule has 1 saturated carbocycles. The average Bonchev–Trinajstić information content (AvgIpc) is 3.50. The van der Waals surface area contributed by atoms with Crippen LogP contribution in [0.15, 0.2) is 83.6 Å². The number of hydrogen-bond donors (Lipinski definition) is 1. The van der Waals surface area contributed by atoms with Gasteiger partial charge in [-0.1, -0.05) is 49.6 Å². The van der Waals surface area contributed by atoms with Crippen LogP contribution in [0.25, 0.3) is 10.9 Å². The molecule has 0 spiro atoms. The predicted octanol–water partition coefficient (Wildman–Crippen LogP) is 5.19. The highest BCUT2D eigenvalue weighted by Gasteiger charge is 2.41. The fourth-order valence-electron chi connectivity index (χ4n) is 5.24. The Balaban J connectivity index is 1.41. The largest absolute Gasteiger partial charge is 0.485 e. The number of carbonyl (C=O) groups excluding carboxylic acids is 2. The van der Waals surface area contributed by atoms with Crippen LogP contribution in [0, 0.1) is 0 Å². The van der Waals surface area contributed by atoms with Crippen molar-refractivity contribution in [2.24, 2.45) is 0 Å². The summed E-state index contributed by atoms with van der Waals surface area (Å²) >= 11 is 0. The summed E-state index contributed by atoms with van der Waals surface area (Å²) in [4.78, 5) is 34.2. The first-order valence-electron chi connectivity index (χ1n) is 13.1. The van der Waals surface area contributed by atoms with E-state index >= 15 is 0 Å². The minimum Gasteiger partial charge on any atom is -0.485 e. The Hall–Kier alpha value is -4.33. The summed E-state index contributed by atoms with van der Waals surface area (Å²) in [6, 6.07) is 19.2. The van der Waals surface area contributed by atoms with Crippen LogP contribution in [-0.2, 0) is 9.59 Å². The standard InChI is InChI=1S/C30H29N3O5/c34-29(32-21-10-2-1-3-11-21)28(26-15-8-16-36-26)33(22-17-20-9-4-5-12-23(20)31-18-22)30(35)27-19-37-24-13-6-7-14-25(24)38-27/h4-9,12-18,21,27-28H,1-3,10-11,19H2,(H,32,34). The monoisotopic (exact) mass is 511 g/mol. The number of rotatable bonds is 6.